The molecule has 8 rings (SSSR count). The first-order valence-corrected chi connectivity index (χ1v) is 25.8. The van der Waals surface area contributed by atoms with E-state index >= 15 is 0 Å². The van der Waals surface area contributed by atoms with Crippen molar-refractivity contribution >= 4 is 63.9 Å². The van der Waals surface area contributed by atoms with E-state index in [0.717, 1.165) is 32.6 Å². The quantitative estimate of drug-likeness (QED) is 0.0287. The summed E-state index contributed by atoms with van der Waals surface area (Å²) in [5.74, 6) is -2.03. The normalized spacial score (nSPS) is 12.9. The van der Waals surface area contributed by atoms with Crippen LogP contribution in [0.1, 0.15) is 75.0 Å². The van der Waals surface area contributed by atoms with Gasteiger partial charge in [0.1, 0.15) is 36.5 Å². The fraction of sp³-hybridized carbons (Fsp3) is 0.321. The van der Waals surface area contributed by atoms with Crippen molar-refractivity contribution in [2.45, 2.75) is 91.0 Å². The minimum absolute atomic E-state index is 0.0604. The maximum absolute atomic E-state index is 14.3. The van der Waals surface area contributed by atoms with Crippen molar-refractivity contribution in [3.63, 3.8) is 0 Å². The molecular weight excluding hydrogens is 997 g/mol. The van der Waals surface area contributed by atoms with E-state index in [1.807, 2.05) is 73.8 Å². The van der Waals surface area contributed by atoms with E-state index in [4.69, 9.17) is 20.4 Å². The van der Waals surface area contributed by atoms with Gasteiger partial charge in [0.2, 0.25) is 17.7 Å². The van der Waals surface area contributed by atoms with E-state index in [1.165, 1.54) is 18.5 Å². The molecule has 5 aromatic heterocycles. The Hall–Kier alpha value is -9.34. The highest BCUT2D eigenvalue weighted by atomic mass is 16.6. The summed E-state index contributed by atoms with van der Waals surface area (Å²) in [7, 11) is 0. The zero-order valence-corrected chi connectivity index (χ0v) is 43.6. The number of aryl methyl sites for hydroxylation is 1. The molecule has 1 unspecified atom stereocenters. The van der Waals surface area contributed by atoms with Crippen molar-refractivity contribution in [1.82, 2.24) is 60.3 Å². The van der Waals surface area contributed by atoms with E-state index in [2.05, 4.69) is 41.3 Å². The molecule has 0 bridgehead atoms. The molecule has 22 heteroatoms. The van der Waals surface area contributed by atoms with Crippen LogP contribution in [-0.2, 0) is 48.3 Å². The maximum atomic E-state index is 14.3. The number of fused-ring (bicyclic) bond motifs is 2. The Morgan fingerprint density at radius 3 is 2.40 bits per heavy atom. The number of ether oxygens (including phenoxy) is 1. The lowest BCUT2D eigenvalue weighted by molar-refractivity contribution is -0.137. The number of imidazole rings is 1. The molecule has 78 heavy (non-hydrogen) atoms. The number of hydrogen-bond acceptors (Lipinski definition) is 13. The lowest BCUT2D eigenvalue weighted by Gasteiger charge is -2.25. The number of urea groups is 1. The molecule has 22 nitrogen and oxygen atoms in total. The van der Waals surface area contributed by atoms with E-state index in [9.17, 15) is 33.6 Å². The second-order valence-electron chi connectivity index (χ2n) is 19.2. The monoisotopic (exact) mass is 1060 g/mol. The van der Waals surface area contributed by atoms with Gasteiger partial charge in [0.25, 0.3) is 11.8 Å². The summed E-state index contributed by atoms with van der Waals surface area (Å²) in [6.45, 7) is 6.08. The number of aromatic amines is 1. The van der Waals surface area contributed by atoms with E-state index in [0.29, 0.717) is 65.5 Å². The first-order chi connectivity index (χ1) is 37.7. The van der Waals surface area contributed by atoms with Crippen molar-refractivity contribution < 1.29 is 38.3 Å². The first-order valence-electron chi connectivity index (χ1n) is 25.8. The summed E-state index contributed by atoms with van der Waals surface area (Å²) < 4.78 is 7.65. The average Bonchev–Trinajstić information content (AvgIpc) is 4.18. The van der Waals surface area contributed by atoms with Crippen molar-refractivity contribution in [3.05, 3.63) is 138 Å². The van der Waals surface area contributed by atoms with Gasteiger partial charge in [0.15, 0.2) is 5.65 Å². The number of hydrogen-bond donors (Lipinski definition) is 6. The van der Waals surface area contributed by atoms with Crippen molar-refractivity contribution in [2.24, 2.45) is 11.7 Å². The number of nitrogens with one attached hydrogen (secondary N) is 5. The summed E-state index contributed by atoms with van der Waals surface area (Å²) in [5.41, 5.74) is 12.3. The zero-order chi connectivity index (χ0) is 55.1. The van der Waals surface area contributed by atoms with Crippen molar-refractivity contribution in [1.29, 1.82) is 0 Å². The zero-order valence-electron chi connectivity index (χ0n) is 43.6. The van der Waals surface area contributed by atoms with Crippen LogP contribution in [0.25, 0.3) is 39.2 Å². The second-order valence-corrected chi connectivity index (χ2v) is 19.2. The Bertz CT molecular complexity index is 3310. The highest BCUT2D eigenvalue weighted by molar-refractivity contribution is 6.12. The Morgan fingerprint density at radius 1 is 0.833 bits per heavy atom. The predicted octanol–water partition coefficient (Wildman–Crippen LogP) is 5.92. The van der Waals surface area contributed by atoms with Gasteiger partial charge >= 0.3 is 12.1 Å². The number of carbonyl (C=O) groups is 7. The minimum Gasteiger partial charge on any atom is -0.445 e. The van der Waals surface area contributed by atoms with Crippen molar-refractivity contribution in [3.8, 4) is 22.6 Å². The lowest BCUT2D eigenvalue weighted by Crippen LogP contribution is -2.54. The third-order valence-electron chi connectivity index (χ3n) is 13.1. The summed E-state index contributed by atoms with van der Waals surface area (Å²) in [5, 5.41) is 16.2. The number of amides is 8. The molecule has 2 aromatic carbocycles. The Labute approximate surface area is 449 Å². The number of nitrogens with two attached hydrogens (primary N) is 1. The number of anilines is 1. The molecule has 7 N–H and O–H groups in total. The van der Waals surface area contributed by atoms with Gasteiger partial charge < -0.3 is 41.6 Å². The smallest absolute Gasteiger partial charge is 0.410 e. The third-order valence-corrected chi connectivity index (χ3v) is 13.1. The molecule has 2 atom stereocenters. The maximum Gasteiger partial charge on any atom is 0.410 e. The second kappa shape index (κ2) is 25.9. The van der Waals surface area contributed by atoms with E-state index in [-0.39, 0.29) is 75.7 Å². The van der Waals surface area contributed by atoms with Crippen LogP contribution in [-0.4, -0.2) is 118 Å². The fourth-order valence-electron chi connectivity index (χ4n) is 8.94. The highest BCUT2D eigenvalue weighted by Gasteiger charge is 2.30. The molecule has 0 spiro atoms. The Kier molecular flexibility index (Phi) is 18.3. The number of pyridine rings is 3. The van der Waals surface area contributed by atoms with Crippen LogP contribution in [0.15, 0.2) is 116 Å². The Morgan fingerprint density at radius 2 is 1.63 bits per heavy atom. The standard InChI is InChI=1S/C56H62N14O8/c1-35(2)50(67-47(71)16-5-4-8-29-69-48(72)23-24-49(69)73)54(75)64-44(15-10-27-59-55(57)76)53(74)63-40-20-17-37(18-21-40)33-78-56(77)68(30-26-38-25-28-58-42-13-7-6-12-41(38)42)32-45-65-51(39-19-22-46-60-34-61-70(46)31-39)52(66-45)43-14-9-11-36(3)62-43/h6-7,9,11-14,17-25,28,31,34-35,44,50H,4-5,8,10,15-16,26-27,29-30,32-33H2,1-3H3,(H,63,74)(H,64,75)(H,65,66)(H,67,71)(H3,57,59,76)/t44?,50-/m0/s1. The first kappa shape index (κ1) is 54.9. The van der Waals surface area contributed by atoms with Crippen molar-refractivity contribution in [2.75, 3.05) is 25.0 Å². The van der Waals surface area contributed by atoms with Gasteiger partial charge in [-0.15, -0.1) is 0 Å². The molecule has 1 aliphatic heterocycles. The van der Waals surface area contributed by atoms with Gasteiger partial charge in [-0.1, -0.05) is 56.7 Å². The number of H-pyrrole nitrogens is 1. The summed E-state index contributed by atoms with van der Waals surface area (Å²) in [6, 6.07) is 23.2. The number of aromatic nitrogens is 7. The van der Waals surface area contributed by atoms with Gasteiger partial charge in [-0.25, -0.2) is 24.1 Å². The molecule has 0 aliphatic carbocycles. The SMILES string of the molecule is Cc1cccc(-c2nc(CN(CCc3ccnc4ccccc34)C(=O)OCc3ccc(NC(=O)C(CCCNC(N)=O)NC(=O)[C@@H](NC(=O)CCCCCN4C(=O)C=CC4=O)C(C)C)cc3)[nH]c2-c2ccc3ncnn3c2)n1. The van der Waals surface area contributed by atoms with Gasteiger partial charge in [-0.2, -0.15) is 5.10 Å². The summed E-state index contributed by atoms with van der Waals surface area (Å²) >= 11 is 0. The topological polar surface area (TPSA) is 294 Å². The molecule has 7 aromatic rings. The largest absolute Gasteiger partial charge is 0.445 e. The number of imide groups is 1. The molecule has 0 radical (unpaired) electrons. The number of unbranched alkanes of at least 4 members (excludes halogenated alkanes) is 2. The molecule has 0 saturated carbocycles. The van der Waals surface area contributed by atoms with Crippen LogP contribution in [0, 0.1) is 12.8 Å². The van der Waals surface area contributed by atoms with Gasteiger partial charge in [0.05, 0.1) is 23.4 Å². The van der Waals surface area contributed by atoms with Gasteiger partial charge in [-0.05, 0) is 105 Å². The van der Waals surface area contributed by atoms with Crippen LogP contribution in [0.4, 0.5) is 15.3 Å². The lowest BCUT2D eigenvalue weighted by atomic mass is 10.0. The van der Waals surface area contributed by atoms with E-state index in [1.54, 1.807) is 53.7 Å². The third kappa shape index (κ3) is 14.5. The number of benzene rings is 2. The van der Waals surface area contributed by atoms with Gasteiger partial charge in [-0.3, -0.25) is 38.8 Å². The number of nitrogens with zero attached hydrogens (tertiary/aromatic N) is 8. The van der Waals surface area contributed by atoms with Gasteiger partial charge in [0, 0.05) is 72.9 Å². The van der Waals surface area contributed by atoms with Crippen LogP contribution in [0.5, 0.6) is 0 Å². The number of para-hydroxylation sites is 1. The number of primary amides is 1. The number of carbonyl (C=O) groups excluding carboxylic acids is 7. The summed E-state index contributed by atoms with van der Waals surface area (Å²) in [6.07, 6.45) is 9.53. The highest BCUT2D eigenvalue weighted by Crippen LogP contribution is 2.30. The average molecular weight is 1060 g/mol. The van der Waals surface area contributed by atoms with Crippen LogP contribution < -0.4 is 27.0 Å². The minimum atomic E-state index is -1.07. The summed E-state index contributed by atoms with van der Waals surface area (Å²) in [4.78, 5) is 115. The van der Waals surface area contributed by atoms with E-state index < -0.39 is 36.0 Å². The fourth-order valence-corrected chi connectivity index (χ4v) is 8.94. The molecule has 0 saturated heterocycles. The molecule has 8 amide bonds. The number of rotatable bonds is 25. The molecular formula is C56H62N14O8. The Balaban J connectivity index is 0.921. The van der Waals surface area contributed by atoms with Crippen LogP contribution in [0.3, 0.4) is 0 Å². The predicted molar refractivity (Wildman–Crippen MR) is 289 cm³/mol. The van der Waals surface area contributed by atoms with Crippen LogP contribution >= 0.6 is 0 Å². The molecule has 1 aliphatic rings. The van der Waals surface area contributed by atoms with Crippen LogP contribution in [0.2, 0.25) is 0 Å². The molecule has 6 heterocycles. The molecule has 0 fully saturated rings. The molecule has 404 valence electrons.